The van der Waals surface area contributed by atoms with Crippen molar-refractivity contribution in [3.63, 3.8) is 0 Å². The number of anilines is 1. The van der Waals surface area contributed by atoms with E-state index in [9.17, 15) is 4.79 Å². The molecular formula is C19H18N4O4. The molecule has 0 fully saturated rings. The van der Waals surface area contributed by atoms with E-state index >= 15 is 0 Å². The number of ether oxygens (including phenoxy) is 1. The van der Waals surface area contributed by atoms with Crippen molar-refractivity contribution in [3.05, 3.63) is 48.2 Å². The predicted molar refractivity (Wildman–Crippen MR) is 101 cm³/mol. The largest absolute Gasteiger partial charge is 0.497 e. The first kappa shape index (κ1) is 16.8. The topological polar surface area (TPSA) is 101 Å². The zero-order valence-electron chi connectivity index (χ0n) is 14.8. The molecule has 3 N–H and O–H groups in total. The zero-order chi connectivity index (χ0) is 19.0. The lowest BCUT2D eigenvalue weighted by atomic mass is 10.2. The number of benzene rings is 1. The molecule has 0 aliphatic rings. The SMILES string of the molecule is CNc1c(-c2cc3cc(OC)ccc3o2)nc2cc(CNC(=O)O)ccn12. The first-order chi connectivity index (χ1) is 13.1. The molecule has 0 saturated heterocycles. The number of nitrogens with one attached hydrogen (secondary N) is 2. The van der Waals surface area contributed by atoms with Crippen LogP contribution < -0.4 is 15.4 Å². The Labute approximate surface area is 154 Å². The van der Waals surface area contributed by atoms with Gasteiger partial charge in [-0.3, -0.25) is 4.40 Å². The van der Waals surface area contributed by atoms with Gasteiger partial charge in [-0.15, -0.1) is 0 Å². The van der Waals surface area contributed by atoms with Gasteiger partial charge >= 0.3 is 6.09 Å². The maximum atomic E-state index is 10.7. The Hall–Kier alpha value is -3.68. The van der Waals surface area contributed by atoms with Crippen molar-refractivity contribution in [1.82, 2.24) is 14.7 Å². The van der Waals surface area contributed by atoms with Gasteiger partial charge < -0.3 is 24.9 Å². The van der Waals surface area contributed by atoms with E-state index in [2.05, 4.69) is 15.6 Å². The highest BCUT2D eigenvalue weighted by Crippen LogP contribution is 2.34. The molecule has 4 aromatic rings. The minimum atomic E-state index is -1.06. The Kier molecular flexibility index (Phi) is 4.08. The Morgan fingerprint density at radius 3 is 2.89 bits per heavy atom. The third kappa shape index (κ3) is 3.01. The molecule has 0 radical (unpaired) electrons. The van der Waals surface area contributed by atoms with Crippen LogP contribution in [-0.2, 0) is 6.54 Å². The molecule has 4 rings (SSSR count). The van der Waals surface area contributed by atoms with Crippen molar-refractivity contribution >= 4 is 28.5 Å². The van der Waals surface area contributed by atoms with Crippen molar-refractivity contribution in [1.29, 1.82) is 0 Å². The first-order valence-electron chi connectivity index (χ1n) is 8.32. The van der Waals surface area contributed by atoms with Crippen LogP contribution >= 0.6 is 0 Å². The number of furan rings is 1. The van der Waals surface area contributed by atoms with Gasteiger partial charge in [0, 0.05) is 25.2 Å². The number of carbonyl (C=O) groups is 1. The fraction of sp³-hybridized carbons (Fsp3) is 0.158. The van der Waals surface area contributed by atoms with Crippen LogP contribution in [0.2, 0.25) is 0 Å². The van der Waals surface area contributed by atoms with Gasteiger partial charge in [-0.2, -0.15) is 0 Å². The molecule has 8 nitrogen and oxygen atoms in total. The quantitative estimate of drug-likeness (QED) is 0.499. The van der Waals surface area contributed by atoms with Crippen molar-refractivity contribution in [2.75, 3.05) is 19.5 Å². The molecular weight excluding hydrogens is 348 g/mol. The normalized spacial score (nSPS) is 11.0. The van der Waals surface area contributed by atoms with Gasteiger partial charge in [0.15, 0.2) is 5.76 Å². The number of hydrogen-bond acceptors (Lipinski definition) is 5. The Balaban J connectivity index is 1.79. The third-order valence-electron chi connectivity index (χ3n) is 4.33. The van der Waals surface area contributed by atoms with E-state index in [0.29, 0.717) is 17.1 Å². The van der Waals surface area contributed by atoms with Crippen molar-refractivity contribution in [2.24, 2.45) is 0 Å². The van der Waals surface area contributed by atoms with Crippen LogP contribution in [0.15, 0.2) is 47.0 Å². The average Bonchev–Trinajstić information content (AvgIpc) is 3.25. The molecule has 1 amide bonds. The van der Waals surface area contributed by atoms with E-state index in [4.69, 9.17) is 14.3 Å². The molecule has 0 aliphatic heterocycles. The maximum absolute atomic E-state index is 10.7. The number of imidazole rings is 1. The lowest BCUT2D eigenvalue weighted by Gasteiger charge is -2.04. The van der Waals surface area contributed by atoms with Crippen LogP contribution in [0.4, 0.5) is 10.6 Å². The van der Waals surface area contributed by atoms with Crippen LogP contribution in [-0.4, -0.2) is 34.7 Å². The monoisotopic (exact) mass is 366 g/mol. The van der Waals surface area contributed by atoms with E-state index in [1.165, 1.54) is 0 Å². The van der Waals surface area contributed by atoms with E-state index in [1.54, 1.807) is 7.11 Å². The predicted octanol–water partition coefficient (Wildman–Crippen LogP) is 3.57. The number of carboxylic acid groups (broad SMARTS) is 1. The number of nitrogens with zero attached hydrogens (tertiary/aromatic N) is 2. The molecule has 3 aromatic heterocycles. The molecule has 27 heavy (non-hydrogen) atoms. The van der Waals surface area contributed by atoms with Gasteiger partial charge in [0.2, 0.25) is 0 Å². The first-order valence-corrected chi connectivity index (χ1v) is 8.32. The summed E-state index contributed by atoms with van der Waals surface area (Å²) in [5.41, 5.74) is 2.93. The van der Waals surface area contributed by atoms with Gasteiger partial charge in [0.05, 0.1) is 7.11 Å². The second-order valence-corrected chi connectivity index (χ2v) is 6.00. The van der Waals surface area contributed by atoms with Crippen molar-refractivity contribution in [2.45, 2.75) is 6.54 Å². The van der Waals surface area contributed by atoms with Crippen LogP contribution in [0.25, 0.3) is 28.1 Å². The van der Waals surface area contributed by atoms with Crippen molar-refractivity contribution in [3.8, 4) is 17.2 Å². The second kappa shape index (κ2) is 6.56. The van der Waals surface area contributed by atoms with Gasteiger partial charge in [-0.05, 0) is 42.0 Å². The number of amides is 1. The van der Waals surface area contributed by atoms with E-state index in [-0.39, 0.29) is 6.54 Å². The fourth-order valence-electron chi connectivity index (χ4n) is 3.05. The number of aromatic nitrogens is 2. The Bertz CT molecular complexity index is 1150. The van der Waals surface area contributed by atoms with Crippen LogP contribution in [0.5, 0.6) is 5.75 Å². The second-order valence-electron chi connectivity index (χ2n) is 6.00. The van der Waals surface area contributed by atoms with Gasteiger partial charge in [-0.1, -0.05) is 0 Å². The summed E-state index contributed by atoms with van der Waals surface area (Å²) in [5, 5.41) is 15.2. The summed E-state index contributed by atoms with van der Waals surface area (Å²) in [4.78, 5) is 15.4. The third-order valence-corrected chi connectivity index (χ3v) is 4.33. The molecule has 0 aliphatic carbocycles. The molecule has 0 unspecified atom stereocenters. The number of hydrogen-bond donors (Lipinski definition) is 3. The van der Waals surface area contributed by atoms with Gasteiger partial charge in [0.1, 0.15) is 28.5 Å². The van der Waals surface area contributed by atoms with E-state index < -0.39 is 6.09 Å². The lowest BCUT2D eigenvalue weighted by Crippen LogP contribution is -2.19. The molecule has 0 bridgehead atoms. The summed E-state index contributed by atoms with van der Waals surface area (Å²) in [6.07, 6.45) is 0.787. The Morgan fingerprint density at radius 2 is 2.15 bits per heavy atom. The molecule has 0 atom stereocenters. The zero-order valence-corrected chi connectivity index (χ0v) is 14.8. The molecule has 1 aromatic carbocycles. The minimum Gasteiger partial charge on any atom is -0.497 e. The standard InChI is InChI=1S/C19H18N4O4/c1-20-18-17(15-9-12-8-13(26-2)3-4-14(12)27-15)22-16-7-11(5-6-23(16)18)10-21-19(24)25/h3-9,20-21H,10H2,1-2H3,(H,24,25). The number of rotatable bonds is 5. The molecule has 138 valence electrons. The summed E-state index contributed by atoms with van der Waals surface area (Å²) in [7, 11) is 3.44. The van der Waals surface area contributed by atoms with E-state index in [1.807, 2.05) is 54.0 Å². The average molecular weight is 366 g/mol. The number of methoxy groups -OCH3 is 1. The number of pyridine rings is 1. The summed E-state index contributed by atoms with van der Waals surface area (Å²) >= 11 is 0. The summed E-state index contributed by atoms with van der Waals surface area (Å²) in [5.74, 6) is 2.18. The fourth-order valence-corrected chi connectivity index (χ4v) is 3.05. The minimum absolute atomic E-state index is 0.216. The van der Waals surface area contributed by atoms with Gasteiger partial charge in [-0.25, -0.2) is 9.78 Å². The summed E-state index contributed by atoms with van der Waals surface area (Å²) < 4.78 is 13.1. The highest BCUT2D eigenvalue weighted by atomic mass is 16.5. The van der Waals surface area contributed by atoms with Gasteiger partial charge in [0.25, 0.3) is 0 Å². The molecule has 0 spiro atoms. The molecule has 0 saturated carbocycles. The number of fused-ring (bicyclic) bond motifs is 2. The molecule has 8 heteroatoms. The smallest absolute Gasteiger partial charge is 0.404 e. The van der Waals surface area contributed by atoms with Crippen molar-refractivity contribution < 1.29 is 19.1 Å². The highest BCUT2D eigenvalue weighted by molar-refractivity contribution is 5.86. The summed E-state index contributed by atoms with van der Waals surface area (Å²) in [6, 6.07) is 11.2. The summed E-state index contributed by atoms with van der Waals surface area (Å²) in [6.45, 7) is 0.216. The lowest BCUT2D eigenvalue weighted by molar-refractivity contribution is 0.194. The van der Waals surface area contributed by atoms with E-state index in [0.717, 1.165) is 28.1 Å². The Morgan fingerprint density at radius 1 is 1.30 bits per heavy atom. The van der Waals surface area contributed by atoms with Crippen LogP contribution in [0.1, 0.15) is 5.56 Å². The van der Waals surface area contributed by atoms with Crippen LogP contribution in [0, 0.1) is 0 Å². The highest BCUT2D eigenvalue weighted by Gasteiger charge is 2.17. The molecule has 3 heterocycles. The van der Waals surface area contributed by atoms with Crippen LogP contribution in [0.3, 0.4) is 0 Å². The maximum Gasteiger partial charge on any atom is 0.404 e.